The van der Waals surface area contributed by atoms with Crippen LogP contribution in [-0.4, -0.2) is 37.1 Å². The summed E-state index contributed by atoms with van der Waals surface area (Å²) in [6.07, 6.45) is 4.39. The van der Waals surface area contributed by atoms with Gasteiger partial charge in [0.15, 0.2) is 0 Å². The average molecular weight is 154 g/mol. The summed E-state index contributed by atoms with van der Waals surface area (Å²) in [5.41, 5.74) is 0. The van der Waals surface area contributed by atoms with Gasteiger partial charge in [0.1, 0.15) is 0 Å². The molecule has 1 aliphatic heterocycles. The molecular weight excluding hydrogens is 136 g/mol. The zero-order valence-corrected chi connectivity index (χ0v) is 7.51. The first-order valence-corrected chi connectivity index (χ1v) is 4.42. The number of hydrogen-bond donors (Lipinski definition) is 1. The molecule has 1 unspecified atom stereocenters. The zero-order chi connectivity index (χ0) is 8.10. The molecule has 0 aromatic rings. The van der Waals surface area contributed by atoms with E-state index < -0.39 is 0 Å². The summed E-state index contributed by atoms with van der Waals surface area (Å²) in [4.78, 5) is 2.50. The minimum atomic E-state index is 0.613. The van der Waals surface area contributed by atoms with Gasteiger partial charge in [0.05, 0.1) is 0 Å². The van der Waals surface area contributed by atoms with Crippen molar-refractivity contribution < 1.29 is 0 Å². The average Bonchev–Trinajstić information content (AvgIpc) is 2.07. The van der Waals surface area contributed by atoms with Gasteiger partial charge < -0.3 is 5.32 Å². The summed E-state index contributed by atoms with van der Waals surface area (Å²) in [5, 5.41) is 3.35. The van der Waals surface area contributed by atoms with E-state index in [4.69, 9.17) is 0 Å². The maximum absolute atomic E-state index is 3.35. The van der Waals surface area contributed by atoms with Gasteiger partial charge in [-0.1, -0.05) is 12.2 Å². The molecule has 64 valence electrons. The van der Waals surface area contributed by atoms with Gasteiger partial charge in [-0.15, -0.1) is 0 Å². The van der Waals surface area contributed by atoms with E-state index in [1.165, 1.54) is 13.1 Å². The lowest BCUT2D eigenvalue weighted by Crippen LogP contribution is -2.46. The molecule has 1 N–H and O–H groups in total. The summed E-state index contributed by atoms with van der Waals surface area (Å²) in [7, 11) is 0. The lowest BCUT2D eigenvalue weighted by Gasteiger charge is -2.31. The molecule has 0 bridgehead atoms. The molecule has 0 radical (unpaired) electrons. The quantitative estimate of drug-likeness (QED) is 0.593. The molecule has 2 heteroatoms. The lowest BCUT2D eigenvalue weighted by atomic mass is 10.2. The minimum absolute atomic E-state index is 0.613. The molecule has 1 aliphatic rings. The molecule has 1 fully saturated rings. The number of allylic oxidation sites excluding steroid dienone is 1. The Morgan fingerprint density at radius 1 is 1.36 bits per heavy atom. The number of nitrogens with one attached hydrogen (secondary N) is 1. The minimum Gasteiger partial charge on any atom is -0.314 e. The van der Waals surface area contributed by atoms with Crippen LogP contribution in [0, 0.1) is 0 Å². The Morgan fingerprint density at radius 3 is 2.55 bits per heavy atom. The molecule has 0 aromatic carbocycles. The van der Waals surface area contributed by atoms with E-state index in [2.05, 4.69) is 36.2 Å². The molecule has 11 heavy (non-hydrogen) atoms. The Labute approximate surface area is 69.3 Å². The second kappa shape index (κ2) is 4.52. The molecule has 0 aliphatic carbocycles. The summed E-state index contributed by atoms with van der Waals surface area (Å²) < 4.78 is 0. The standard InChI is InChI=1S/C9H18N2/c1-3-4-9(2)11-7-5-10-6-8-11/h3-4,9-10H,5-8H2,1-2H3/b4-3+. The molecule has 0 aromatic heterocycles. The highest BCUT2D eigenvalue weighted by molar-refractivity contribution is 4.90. The Hall–Kier alpha value is -0.340. The van der Waals surface area contributed by atoms with E-state index in [1.54, 1.807) is 0 Å². The summed E-state index contributed by atoms with van der Waals surface area (Å²) >= 11 is 0. The highest BCUT2D eigenvalue weighted by Gasteiger charge is 2.12. The molecule has 2 nitrogen and oxygen atoms in total. The molecular formula is C9H18N2. The van der Waals surface area contributed by atoms with E-state index in [1.807, 2.05) is 0 Å². The maximum atomic E-state index is 3.35. The van der Waals surface area contributed by atoms with E-state index in [-0.39, 0.29) is 0 Å². The molecule has 0 amide bonds. The maximum Gasteiger partial charge on any atom is 0.0250 e. The monoisotopic (exact) mass is 154 g/mol. The third kappa shape index (κ3) is 2.64. The Balaban J connectivity index is 2.32. The molecule has 1 heterocycles. The van der Waals surface area contributed by atoms with Gasteiger partial charge in [-0.25, -0.2) is 0 Å². The van der Waals surface area contributed by atoms with Crippen molar-refractivity contribution in [2.24, 2.45) is 0 Å². The number of rotatable bonds is 2. The van der Waals surface area contributed by atoms with Crippen molar-refractivity contribution in [2.75, 3.05) is 26.2 Å². The van der Waals surface area contributed by atoms with Crippen molar-refractivity contribution >= 4 is 0 Å². The summed E-state index contributed by atoms with van der Waals surface area (Å²) in [5.74, 6) is 0. The van der Waals surface area contributed by atoms with Crippen LogP contribution in [0.2, 0.25) is 0 Å². The third-order valence-corrected chi connectivity index (χ3v) is 2.20. The fourth-order valence-corrected chi connectivity index (χ4v) is 1.49. The van der Waals surface area contributed by atoms with Crippen molar-refractivity contribution in [3.8, 4) is 0 Å². The van der Waals surface area contributed by atoms with Crippen molar-refractivity contribution in [1.29, 1.82) is 0 Å². The van der Waals surface area contributed by atoms with Gasteiger partial charge in [-0.05, 0) is 13.8 Å². The van der Waals surface area contributed by atoms with Gasteiger partial charge >= 0.3 is 0 Å². The number of hydrogen-bond acceptors (Lipinski definition) is 2. The third-order valence-electron chi connectivity index (χ3n) is 2.20. The predicted octanol–water partition coefficient (Wildman–Crippen LogP) is 0.856. The first kappa shape index (κ1) is 8.75. The topological polar surface area (TPSA) is 15.3 Å². The van der Waals surface area contributed by atoms with Gasteiger partial charge in [-0.2, -0.15) is 0 Å². The Morgan fingerprint density at radius 2 is 2.00 bits per heavy atom. The zero-order valence-electron chi connectivity index (χ0n) is 7.51. The molecule has 0 spiro atoms. The Kier molecular flexibility index (Phi) is 3.60. The number of nitrogens with zero attached hydrogens (tertiary/aromatic N) is 1. The van der Waals surface area contributed by atoms with Crippen molar-refractivity contribution in [3.63, 3.8) is 0 Å². The largest absolute Gasteiger partial charge is 0.314 e. The second-order valence-corrected chi connectivity index (χ2v) is 3.05. The van der Waals surface area contributed by atoms with Crippen molar-refractivity contribution in [2.45, 2.75) is 19.9 Å². The van der Waals surface area contributed by atoms with Crippen LogP contribution in [0.4, 0.5) is 0 Å². The first-order chi connectivity index (χ1) is 5.34. The van der Waals surface area contributed by atoms with Gasteiger partial charge in [0.2, 0.25) is 0 Å². The molecule has 1 saturated heterocycles. The molecule has 0 saturated carbocycles. The fraction of sp³-hybridized carbons (Fsp3) is 0.778. The smallest absolute Gasteiger partial charge is 0.0250 e. The lowest BCUT2D eigenvalue weighted by molar-refractivity contribution is 0.212. The van der Waals surface area contributed by atoms with E-state index in [9.17, 15) is 0 Å². The van der Waals surface area contributed by atoms with Crippen LogP contribution in [0.15, 0.2) is 12.2 Å². The van der Waals surface area contributed by atoms with E-state index >= 15 is 0 Å². The van der Waals surface area contributed by atoms with Gasteiger partial charge in [-0.3, -0.25) is 4.90 Å². The highest BCUT2D eigenvalue weighted by atomic mass is 15.2. The van der Waals surface area contributed by atoms with Crippen molar-refractivity contribution in [3.05, 3.63) is 12.2 Å². The normalized spacial score (nSPS) is 24.2. The van der Waals surface area contributed by atoms with Crippen LogP contribution in [0.5, 0.6) is 0 Å². The SMILES string of the molecule is C/C=C/C(C)N1CCNCC1. The number of piperazine rings is 1. The van der Waals surface area contributed by atoms with Crippen LogP contribution in [0.1, 0.15) is 13.8 Å². The van der Waals surface area contributed by atoms with E-state index in [0.717, 1.165) is 13.1 Å². The summed E-state index contributed by atoms with van der Waals surface area (Å²) in [6, 6.07) is 0.613. The van der Waals surface area contributed by atoms with Crippen LogP contribution in [0.3, 0.4) is 0 Å². The predicted molar refractivity (Wildman–Crippen MR) is 48.7 cm³/mol. The van der Waals surface area contributed by atoms with Crippen molar-refractivity contribution in [1.82, 2.24) is 10.2 Å². The fourth-order valence-electron chi connectivity index (χ4n) is 1.49. The van der Waals surface area contributed by atoms with Crippen LogP contribution < -0.4 is 5.32 Å². The molecule has 1 rings (SSSR count). The Bertz CT molecular complexity index is 126. The highest BCUT2D eigenvalue weighted by Crippen LogP contribution is 2.01. The van der Waals surface area contributed by atoms with Gasteiger partial charge in [0.25, 0.3) is 0 Å². The second-order valence-electron chi connectivity index (χ2n) is 3.05. The van der Waals surface area contributed by atoms with Crippen LogP contribution in [-0.2, 0) is 0 Å². The summed E-state index contributed by atoms with van der Waals surface area (Å²) in [6.45, 7) is 8.99. The van der Waals surface area contributed by atoms with Crippen LogP contribution >= 0.6 is 0 Å². The molecule has 1 atom stereocenters. The van der Waals surface area contributed by atoms with Gasteiger partial charge in [0, 0.05) is 32.2 Å². The van der Waals surface area contributed by atoms with Crippen LogP contribution in [0.25, 0.3) is 0 Å². The first-order valence-electron chi connectivity index (χ1n) is 4.42. The van der Waals surface area contributed by atoms with E-state index in [0.29, 0.717) is 6.04 Å².